The lowest BCUT2D eigenvalue weighted by Crippen LogP contribution is -2.42. The van der Waals surface area contributed by atoms with E-state index in [0.29, 0.717) is 18.8 Å². The van der Waals surface area contributed by atoms with E-state index in [2.05, 4.69) is 4.98 Å². The molecular weight excluding hydrogens is 246 g/mol. The molecule has 4 rings (SSSR count). The van der Waals surface area contributed by atoms with Gasteiger partial charge in [0.05, 0.1) is 18.8 Å². The second-order valence-corrected chi connectivity index (χ2v) is 5.41. The Morgan fingerprint density at radius 1 is 1.11 bits per heavy atom. The highest BCUT2D eigenvalue weighted by Crippen LogP contribution is 2.50. The number of ether oxygens (including phenoxy) is 3. The summed E-state index contributed by atoms with van der Waals surface area (Å²) in [5.74, 6) is -0.676. The summed E-state index contributed by atoms with van der Waals surface area (Å²) >= 11 is 0. The van der Waals surface area contributed by atoms with Crippen molar-refractivity contribution in [1.29, 1.82) is 0 Å². The number of esters is 1. The fourth-order valence-corrected chi connectivity index (χ4v) is 3.41. The Kier molecular flexibility index (Phi) is 2.26. The number of carbonyl (C=O) groups is 1. The van der Waals surface area contributed by atoms with Gasteiger partial charge in [-0.3, -0.25) is 4.98 Å². The number of hydrogen-bond donors (Lipinski definition) is 0. The zero-order valence-electron chi connectivity index (χ0n) is 10.6. The topological polar surface area (TPSA) is 57.7 Å². The largest absolute Gasteiger partial charge is 0.450 e. The van der Waals surface area contributed by atoms with E-state index < -0.39 is 11.4 Å². The molecule has 2 aliphatic heterocycles. The summed E-state index contributed by atoms with van der Waals surface area (Å²) in [5, 5.41) is 0. The van der Waals surface area contributed by atoms with Crippen LogP contribution in [0.15, 0.2) is 18.5 Å². The summed E-state index contributed by atoms with van der Waals surface area (Å²) in [6.45, 7) is 1.32. The highest BCUT2D eigenvalue weighted by atomic mass is 16.7. The monoisotopic (exact) mass is 261 g/mol. The van der Waals surface area contributed by atoms with Crippen molar-refractivity contribution in [2.75, 3.05) is 13.2 Å². The molecule has 1 aliphatic carbocycles. The maximum Gasteiger partial charge on any atom is 0.339 e. The Hall–Kier alpha value is -1.46. The van der Waals surface area contributed by atoms with Crippen LogP contribution in [-0.2, 0) is 19.8 Å². The van der Waals surface area contributed by atoms with Gasteiger partial charge < -0.3 is 14.2 Å². The first kappa shape index (κ1) is 11.4. The van der Waals surface area contributed by atoms with Crippen LogP contribution >= 0.6 is 0 Å². The number of nitrogens with zero attached hydrogens (tertiary/aromatic N) is 1. The SMILES string of the molecule is O=C1OC2(CCC3(CC2)OCCO3)c2cnccc21. The normalized spacial score (nSPS) is 26.6. The van der Waals surface area contributed by atoms with Crippen LogP contribution in [-0.4, -0.2) is 30.0 Å². The van der Waals surface area contributed by atoms with Crippen LogP contribution < -0.4 is 0 Å². The molecule has 2 spiro atoms. The molecule has 1 aromatic heterocycles. The van der Waals surface area contributed by atoms with Crippen molar-refractivity contribution in [2.45, 2.75) is 37.1 Å². The summed E-state index contributed by atoms with van der Waals surface area (Å²) < 4.78 is 17.1. The van der Waals surface area contributed by atoms with Gasteiger partial charge in [-0.25, -0.2) is 4.79 Å². The average Bonchev–Trinajstić information content (AvgIpc) is 3.00. The quantitative estimate of drug-likeness (QED) is 0.666. The minimum atomic E-state index is -0.513. The van der Waals surface area contributed by atoms with E-state index in [9.17, 15) is 4.79 Å². The van der Waals surface area contributed by atoms with Gasteiger partial charge in [-0.2, -0.15) is 0 Å². The maximum absolute atomic E-state index is 11.9. The van der Waals surface area contributed by atoms with E-state index in [1.807, 2.05) is 0 Å². The first-order valence-corrected chi connectivity index (χ1v) is 6.69. The van der Waals surface area contributed by atoms with Crippen LogP contribution in [0.2, 0.25) is 0 Å². The second kappa shape index (κ2) is 3.77. The van der Waals surface area contributed by atoms with E-state index in [-0.39, 0.29) is 5.97 Å². The van der Waals surface area contributed by atoms with Gasteiger partial charge in [0.25, 0.3) is 0 Å². The fraction of sp³-hybridized carbons (Fsp3) is 0.571. The Balaban J connectivity index is 1.65. The first-order valence-electron chi connectivity index (χ1n) is 6.69. The zero-order chi connectivity index (χ0) is 12.9. The third-order valence-electron chi connectivity index (χ3n) is 4.45. The van der Waals surface area contributed by atoms with Gasteiger partial charge in [0.1, 0.15) is 5.60 Å². The Bertz CT molecular complexity index is 526. The smallest absolute Gasteiger partial charge is 0.339 e. The Labute approximate surface area is 110 Å². The van der Waals surface area contributed by atoms with E-state index in [4.69, 9.17) is 14.2 Å². The van der Waals surface area contributed by atoms with Crippen LogP contribution in [0.4, 0.5) is 0 Å². The van der Waals surface area contributed by atoms with Gasteiger partial charge in [0.2, 0.25) is 0 Å². The average molecular weight is 261 g/mol. The van der Waals surface area contributed by atoms with Crippen LogP contribution in [0.25, 0.3) is 0 Å². The summed E-state index contributed by atoms with van der Waals surface area (Å²) in [6, 6.07) is 1.74. The molecule has 1 aromatic rings. The van der Waals surface area contributed by atoms with Gasteiger partial charge >= 0.3 is 5.97 Å². The van der Waals surface area contributed by atoms with Crippen molar-refractivity contribution in [1.82, 2.24) is 4.98 Å². The summed E-state index contributed by atoms with van der Waals surface area (Å²) in [7, 11) is 0. The van der Waals surface area contributed by atoms with Gasteiger partial charge in [0.15, 0.2) is 5.79 Å². The lowest BCUT2D eigenvalue weighted by molar-refractivity contribution is -0.202. The molecule has 0 N–H and O–H groups in total. The van der Waals surface area contributed by atoms with Crippen molar-refractivity contribution < 1.29 is 19.0 Å². The molecule has 0 unspecified atom stereocenters. The minimum Gasteiger partial charge on any atom is -0.450 e. The Morgan fingerprint density at radius 2 is 1.84 bits per heavy atom. The van der Waals surface area contributed by atoms with E-state index in [1.165, 1.54) is 0 Å². The molecule has 0 amide bonds. The predicted octanol–water partition coefficient (Wildman–Crippen LogP) is 1.76. The third-order valence-corrected chi connectivity index (χ3v) is 4.45. The zero-order valence-corrected chi connectivity index (χ0v) is 10.6. The van der Waals surface area contributed by atoms with Crippen molar-refractivity contribution in [3.05, 3.63) is 29.6 Å². The summed E-state index contributed by atoms with van der Waals surface area (Å²) in [5.41, 5.74) is 1.06. The number of rotatable bonds is 0. The van der Waals surface area contributed by atoms with Crippen molar-refractivity contribution in [3.63, 3.8) is 0 Å². The van der Waals surface area contributed by atoms with Gasteiger partial charge in [-0.05, 0) is 18.9 Å². The van der Waals surface area contributed by atoms with Gasteiger partial charge in [-0.1, -0.05) is 0 Å². The predicted molar refractivity (Wildman–Crippen MR) is 64.4 cm³/mol. The first-order chi connectivity index (χ1) is 9.23. The number of pyridine rings is 1. The van der Waals surface area contributed by atoms with E-state index in [1.54, 1.807) is 18.5 Å². The fourth-order valence-electron chi connectivity index (χ4n) is 3.41. The lowest BCUT2D eigenvalue weighted by atomic mass is 9.77. The molecule has 5 nitrogen and oxygen atoms in total. The molecule has 0 atom stereocenters. The van der Waals surface area contributed by atoms with E-state index in [0.717, 1.165) is 31.2 Å². The number of aromatic nitrogens is 1. The molecule has 1 saturated heterocycles. The third kappa shape index (κ3) is 1.55. The second-order valence-electron chi connectivity index (χ2n) is 5.41. The highest BCUT2D eigenvalue weighted by Gasteiger charge is 2.53. The molecule has 0 aromatic carbocycles. The van der Waals surface area contributed by atoms with Crippen LogP contribution in [0, 0.1) is 0 Å². The molecule has 5 heteroatoms. The lowest BCUT2D eigenvalue weighted by Gasteiger charge is -2.40. The van der Waals surface area contributed by atoms with Crippen LogP contribution in [0.1, 0.15) is 41.6 Å². The standard InChI is InChI=1S/C14H15NO4/c16-12-10-1-6-15-9-11(10)13(19-12)2-4-14(5-3-13)17-7-8-18-14/h1,6,9H,2-5,7-8H2. The van der Waals surface area contributed by atoms with Gasteiger partial charge in [-0.15, -0.1) is 0 Å². The van der Waals surface area contributed by atoms with Gasteiger partial charge in [0, 0.05) is 30.8 Å². The number of hydrogen-bond acceptors (Lipinski definition) is 5. The van der Waals surface area contributed by atoms with Crippen LogP contribution in [0.5, 0.6) is 0 Å². The van der Waals surface area contributed by atoms with E-state index >= 15 is 0 Å². The number of carbonyl (C=O) groups excluding carboxylic acids is 1. The molecule has 2 fully saturated rings. The molecule has 0 bridgehead atoms. The Morgan fingerprint density at radius 3 is 2.58 bits per heavy atom. The molecule has 1 saturated carbocycles. The molecular formula is C14H15NO4. The molecule has 100 valence electrons. The van der Waals surface area contributed by atoms with Crippen LogP contribution in [0.3, 0.4) is 0 Å². The van der Waals surface area contributed by atoms with Crippen molar-refractivity contribution >= 4 is 5.97 Å². The molecule has 19 heavy (non-hydrogen) atoms. The minimum absolute atomic E-state index is 0.235. The molecule has 3 heterocycles. The summed E-state index contributed by atoms with van der Waals surface area (Å²) in [6.07, 6.45) is 6.37. The maximum atomic E-state index is 11.9. The van der Waals surface area contributed by atoms with Crippen molar-refractivity contribution in [3.8, 4) is 0 Å². The molecule has 3 aliphatic rings. The molecule has 0 radical (unpaired) electrons. The number of fused-ring (bicyclic) bond motifs is 2. The van der Waals surface area contributed by atoms with Crippen molar-refractivity contribution in [2.24, 2.45) is 0 Å². The summed E-state index contributed by atoms with van der Waals surface area (Å²) in [4.78, 5) is 16.1. The highest BCUT2D eigenvalue weighted by molar-refractivity contribution is 5.94.